The zero-order valence-electron chi connectivity index (χ0n) is 13.4. The lowest BCUT2D eigenvalue weighted by Gasteiger charge is -2.11. The van der Waals surface area contributed by atoms with Crippen LogP contribution in [0.3, 0.4) is 0 Å². The molecule has 0 saturated heterocycles. The third-order valence-corrected chi connectivity index (χ3v) is 3.78. The second-order valence-electron chi connectivity index (χ2n) is 5.41. The van der Waals surface area contributed by atoms with Gasteiger partial charge in [-0.1, -0.05) is 37.4 Å². The Morgan fingerprint density at radius 3 is 2.55 bits per heavy atom. The van der Waals surface area contributed by atoms with E-state index in [0.29, 0.717) is 0 Å². The van der Waals surface area contributed by atoms with Gasteiger partial charge in [0.05, 0.1) is 0 Å². The number of anilines is 3. The van der Waals surface area contributed by atoms with Crippen LogP contribution in [-0.4, -0.2) is 16.5 Å². The predicted octanol–water partition coefficient (Wildman–Crippen LogP) is 5.09. The number of aryl methyl sites for hydroxylation is 2. The second kappa shape index (κ2) is 7.99. The van der Waals surface area contributed by atoms with Gasteiger partial charge < -0.3 is 10.6 Å². The Hall–Kier alpha value is -1.81. The number of rotatable bonds is 7. The highest BCUT2D eigenvalue weighted by atomic mass is 35.5. The third-order valence-electron chi connectivity index (χ3n) is 3.37. The van der Waals surface area contributed by atoms with E-state index in [1.807, 2.05) is 38.1 Å². The van der Waals surface area contributed by atoms with Gasteiger partial charge in [0, 0.05) is 23.3 Å². The fraction of sp³-hybridized carbons (Fsp3) is 0.412. The van der Waals surface area contributed by atoms with E-state index in [4.69, 9.17) is 11.6 Å². The summed E-state index contributed by atoms with van der Waals surface area (Å²) < 4.78 is 0. The van der Waals surface area contributed by atoms with Crippen molar-refractivity contribution in [2.45, 2.75) is 40.0 Å². The maximum Gasteiger partial charge on any atom is 0.136 e. The predicted molar refractivity (Wildman–Crippen MR) is 94.3 cm³/mol. The molecule has 2 aromatic rings. The van der Waals surface area contributed by atoms with Crippen molar-refractivity contribution in [2.75, 3.05) is 17.2 Å². The van der Waals surface area contributed by atoms with Crippen LogP contribution in [0.15, 0.2) is 24.3 Å². The molecule has 0 bridgehead atoms. The molecule has 2 rings (SSSR count). The lowest BCUT2D eigenvalue weighted by molar-refractivity contribution is 0.742. The second-order valence-corrected chi connectivity index (χ2v) is 5.82. The van der Waals surface area contributed by atoms with Crippen LogP contribution < -0.4 is 10.6 Å². The number of unbranched alkanes of at least 4 members (excludes halogenated alkanes) is 2. The van der Waals surface area contributed by atoms with Gasteiger partial charge in [0.2, 0.25) is 0 Å². The van der Waals surface area contributed by atoms with Crippen LogP contribution in [0, 0.1) is 13.8 Å². The first kappa shape index (κ1) is 16.6. The van der Waals surface area contributed by atoms with Crippen LogP contribution in [0.2, 0.25) is 5.02 Å². The number of aromatic nitrogens is 2. The van der Waals surface area contributed by atoms with Crippen molar-refractivity contribution >= 4 is 28.9 Å². The van der Waals surface area contributed by atoms with Crippen LogP contribution in [0.25, 0.3) is 0 Å². The van der Waals surface area contributed by atoms with Crippen molar-refractivity contribution in [3.63, 3.8) is 0 Å². The molecule has 118 valence electrons. The van der Waals surface area contributed by atoms with Gasteiger partial charge in [-0.3, -0.25) is 0 Å². The molecule has 4 nitrogen and oxygen atoms in total. The van der Waals surface area contributed by atoms with E-state index in [2.05, 4.69) is 27.5 Å². The summed E-state index contributed by atoms with van der Waals surface area (Å²) in [5.74, 6) is 2.36. The molecule has 0 unspecified atom stereocenters. The van der Waals surface area contributed by atoms with Crippen molar-refractivity contribution < 1.29 is 0 Å². The van der Waals surface area contributed by atoms with Gasteiger partial charge in [-0.25, -0.2) is 9.97 Å². The minimum atomic E-state index is 0.737. The van der Waals surface area contributed by atoms with Gasteiger partial charge in [-0.15, -0.1) is 0 Å². The Morgan fingerprint density at radius 1 is 1.05 bits per heavy atom. The maximum absolute atomic E-state index is 6.16. The molecule has 22 heavy (non-hydrogen) atoms. The Morgan fingerprint density at radius 2 is 1.82 bits per heavy atom. The lowest BCUT2D eigenvalue weighted by atomic mass is 10.2. The molecule has 1 aromatic carbocycles. The Bertz CT molecular complexity index is 628. The number of halogens is 1. The summed E-state index contributed by atoms with van der Waals surface area (Å²) in [6.45, 7) is 7.01. The molecule has 1 aromatic heterocycles. The molecule has 0 aliphatic carbocycles. The summed E-state index contributed by atoms with van der Waals surface area (Å²) in [6.07, 6.45) is 3.59. The van der Waals surface area contributed by atoms with Gasteiger partial charge >= 0.3 is 0 Å². The molecule has 0 aliphatic rings. The zero-order valence-corrected chi connectivity index (χ0v) is 14.2. The first-order chi connectivity index (χ1) is 10.6. The molecule has 0 aliphatic heterocycles. The van der Waals surface area contributed by atoms with Crippen molar-refractivity contribution in [2.24, 2.45) is 0 Å². The molecule has 1 heterocycles. The standard InChI is InChI=1S/C17H23ClN4/c1-4-5-6-9-19-16-11-17(21-13(3)20-16)22-14-8-7-12(2)15(18)10-14/h7-8,10-11H,4-6,9H2,1-3H3,(H2,19,20,21,22). The molecule has 0 spiro atoms. The average Bonchev–Trinajstić information content (AvgIpc) is 2.47. The summed E-state index contributed by atoms with van der Waals surface area (Å²) in [4.78, 5) is 8.84. The van der Waals surface area contributed by atoms with Crippen molar-refractivity contribution in [3.05, 3.63) is 40.7 Å². The van der Waals surface area contributed by atoms with Gasteiger partial charge in [0.15, 0.2) is 0 Å². The van der Waals surface area contributed by atoms with Crippen LogP contribution in [0.5, 0.6) is 0 Å². The molecule has 0 fully saturated rings. The van der Waals surface area contributed by atoms with Crippen LogP contribution in [0.1, 0.15) is 37.6 Å². The van der Waals surface area contributed by atoms with Crippen molar-refractivity contribution in [1.82, 2.24) is 9.97 Å². The summed E-state index contributed by atoms with van der Waals surface area (Å²) in [5.41, 5.74) is 1.98. The van der Waals surface area contributed by atoms with Gasteiger partial charge in [-0.05, 0) is 38.0 Å². The Labute approximate surface area is 137 Å². The summed E-state index contributed by atoms with van der Waals surface area (Å²) in [7, 11) is 0. The lowest BCUT2D eigenvalue weighted by Crippen LogP contribution is -2.06. The van der Waals surface area contributed by atoms with Crippen LogP contribution in [-0.2, 0) is 0 Å². The zero-order chi connectivity index (χ0) is 15.9. The number of hydrogen-bond donors (Lipinski definition) is 2. The van der Waals surface area contributed by atoms with E-state index >= 15 is 0 Å². The van der Waals surface area contributed by atoms with Gasteiger partial charge in [0.1, 0.15) is 17.5 Å². The minimum absolute atomic E-state index is 0.737. The SMILES string of the molecule is CCCCCNc1cc(Nc2ccc(C)c(Cl)c2)nc(C)n1. The Balaban J connectivity index is 2.06. The van der Waals surface area contributed by atoms with E-state index in [1.165, 1.54) is 12.8 Å². The third kappa shape index (κ3) is 4.88. The summed E-state index contributed by atoms with van der Waals surface area (Å²) >= 11 is 6.16. The molecule has 0 amide bonds. The van der Waals surface area contributed by atoms with E-state index in [1.54, 1.807) is 0 Å². The highest BCUT2D eigenvalue weighted by Gasteiger charge is 2.04. The fourth-order valence-electron chi connectivity index (χ4n) is 2.13. The molecular formula is C17H23ClN4. The molecule has 0 atom stereocenters. The highest BCUT2D eigenvalue weighted by Crippen LogP contribution is 2.23. The Kier molecular flexibility index (Phi) is 6.01. The quantitative estimate of drug-likeness (QED) is 0.698. The van der Waals surface area contributed by atoms with Gasteiger partial charge in [-0.2, -0.15) is 0 Å². The number of hydrogen-bond acceptors (Lipinski definition) is 4. The van der Waals surface area contributed by atoms with Crippen molar-refractivity contribution in [3.8, 4) is 0 Å². The average molecular weight is 319 g/mol. The minimum Gasteiger partial charge on any atom is -0.370 e. The first-order valence-corrected chi connectivity index (χ1v) is 8.09. The first-order valence-electron chi connectivity index (χ1n) is 7.71. The van der Waals surface area contributed by atoms with Gasteiger partial charge in [0.25, 0.3) is 0 Å². The van der Waals surface area contributed by atoms with E-state index in [-0.39, 0.29) is 0 Å². The highest BCUT2D eigenvalue weighted by molar-refractivity contribution is 6.31. The smallest absolute Gasteiger partial charge is 0.136 e. The molecule has 5 heteroatoms. The number of nitrogens with one attached hydrogen (secondary N) is 2. The largest absolute Gasteiger partial charge is 0.370 e. The topological polar surface area (TPSA) is 49.8 Å². The monoisotopic (exact) mass is 318 g/mol. The summed E-state index contributed by atoms with van der Waals surface area (Å²) in [5, 5.41) is 7.37. The number of nitrogens with zero attached hydrogens (tertiary/aromatic N) is 2. The molecule has 0 radical (unpaired) electrons. The maximum atomic E-state index is 6.16. The number of benzene rings is 1. The fourth-order valence-corrected chi connectivity index (χ4v) is 2.31. The molecule has 2 N–H and O–H groups in total. The van der Waals surface area contributed by atoms with Crippen LogP contribution in [0.4, 0.5) is 17.3 Å². The normalized spacial score (nSPS) is 10.5. The molecular weight excluding hydrogens is 296 g/mol. The molecule has 0 saturated carbocycles. The summed E-state index contributed by atoms with van der Waals surface area (Å²) in [6, 6.07) is 7.81. The van der Waals surface area contributed by atoms with Crippen molar-refractivity contribution in [1.29, 1.82) is 0 Å². The van der Waals surface area contributed by atoms with E-state index in [9.17, 15) is 0 Å². The van der Waals surface area contributed by atoms with E-state index in [0.717, 1.165) is 46.7 Å². The van der Waals surface area contributed by atoms with E-state index < -0.39 is 0 Å². The van der Waals surface area contributed by atoms with Crippen LogP contribution >= 0.6 is 11.6 Å².